The summed E-state index contributed by atoms with van der Waals surface area (Å²) in [5, 5.41) is 3.78. The van der Waals surface area contributed by atoms with Crippen molar-refractivity contribution in [2.45, 2.75) is 77.1 Å². The summed E-state index contributed by atoms with van der Waals surface area (Å²) in [6.07, 6.45) is 3.93. The molecule has 3 heteroatoms. The summed E-state index contributed by atoms with van der Waals surface area (Å²) in [6.45, 7) is 14.8. The molecule has 2 saturated heterocycles. The molecular weight excluding hydrogens is 224 g/mol. The van der Waals surface area contributed by atoms with Crippen LogP contribution in [0.15, 0.2) is 0 Å². The normalized spacial score (nSPS) is 41.2. The first kappa shape index (κ1) is 14.3. The van der Waals surface area contributed by atoms with Crippen molar-refractivity contribution in [3.63, 3.8) is 0 Å². The Hall–Kier alpha value is -0.120. The van der Waals surface area contributed by atoms with E-state index in [4.69, 9.17) is 4.74 Å². The predicted octanol–water partition coefficient (Wildman–Crippen LogP) is 2.41. The van der Waals surface area contributed by atoms with Gasteiger partial charge in [0, 0.05) is 36.8 Å². The van der Waals surface area contributed by atoms with Crippen LogP contribution in [0.5, 0.6) is 0 Å². The molecule has 2 fully saturated rings. The van der Waals surface area contributed by atoms with Gasteiger partial charge in [-0.3, -0.25) is 4.90 Å². The quantitative estimate of drug-likeness (QED) is 0.837. The van der Waals surface area contributed by atoms with E-state index in [1.54, 1.807) is 0 Å². The molecule has 0 radical (unpaired) electrons. The maximum Gasteiger partial charge on any atom is 0.0728 e. The molecule has 2 rings (SSSR count). The summed E-state index contributed by atoms with van der Waals surface area (Å²) in [7, 11) is 0. The third kappa shape index (κ3) is 2.21. The van der Waals surface area contributed by atoms with E-state index in [-0.39, 0.29) is 5.54 Å². The number of hydrogen-bond donors (Lipinski definition) is 1. The maximum absolute atomic E-state index is 5.84. The van der Waals surface area contributed by atoms with Gasteiger partial charge in [0.25, 0.3) is 0 Å². The monoisotopic (exact) mass is 254 g/mol. The molecule has 0 aliphatic carbocycles. The van der Waals surface area contributed by atoms with Crippen molar-refractivity contribution in [3.8, 4) is 0 Å². The number of piperazine rings is 1. The van der Waals surface area contributed by atoms with Crippen LogP contribution < -0.4 is 5.32 Å². The van der Waals surface area contributed by atoms with Gasteiger partial charge in [0.1, 0.15) is 0 Å². The van der Waals surface area contributed by atoms with E-state index in [1.807, 2.05) is 0 Å². The third-order valence-corrected chi connectivity index (χ3v) is 5.64. The summed E-state index contributed by atoms with van der Waals surface area (Å²) in [4.78, 5) is 2.72. The van der Waals surface area contributed by atoms with Crippen LogP contribution in [0, 0.1) is 0 Å². The van der Waals surface area contributed by atoms with Crippen LogP contribution in [0.25, 0.3) is 0 Å². The Morgan fingerprint density at radius 1 is 1.28 bits per heavy atom. The van der Waals surface area contributed by atoms with Crippen molar-refractivity contribution >= 4 is 0 Å². The van der Waals surface area contributed by atoms with Crippen molar-refractivity contribution in [2.24, 2.45) is 0 Å². The van der Waals surface area contributed by atoms with E-state index in [2.05, 4.69) is 44.8 Å². The fourth-order valence-corrected chi connectivity index (χ4v) is 3.62. The van der Waals surface area contributed by atoms with Gasteiger partial charge in [-0.05, 0) is 40.0 Å². The van der Waals surface area contributed by atoms with Crippen molar-refractivity contribution in [1.82, 2.24) is 10.2 Å². The van der Waals surface area contributed by atoms with Crippen LogP contribution in [0.3, 0.4) is 0 Å². The van der Waals surface area contributed by atoms with Gasteiger partial charge in [-0.15, -0.1) is 0 Å². The fraction of sp³-hybridized carbons (Fsp3) is 1.00. The first-order chi connectivity index (χ1) is 8.47. The van der Waals surface area contributed by atoms with Gasteiger partial charge in [0.2, 0.25) is 0 Å². The standard InChI is InChI=1S/C15H30N2O/c1-6-15(7-2)11-17(12(3)10-16-15)14(5)8-9-18-13(14)4/h12-13,16H,6-11H2,1-5H3. The molecule has 0 spiro atoms. The number of hydrogen-bond acceptors (Lipinski definition) is 3. The summed E-state index contributed by atoms with van der Waals surface area (Å²) >= 11 is 0. The Labute approximate surface area is 112 Å². The van der Waals surface area contributed by atoms with Crippen LogP contribution in [-0.4, -0.2) is 47.8 Å². The molecule has 0 amide bonds. The van der Waals surface area contributed by atoms with Gasteiger partial charge in [-0.2, -0.15) is 0 Å². The van der Waals surface area contributed by atoms with Crippen LogP contribution in [-0.2, 0) is 4.74 Å². The lowest BCUT2D eigenvalue weighted by Crippen LogP contribution is -2.69. The topological polar surface area (TPSA) is 24.5 Å². The Bertz CT molecular complexity index is 290. The molecule has 0 aromatic carbocycles. The van der Waals surface area contributed by atoms with E-state index in [9.17, 15) is 0 Å². The van der Waals surface area contributed by atoms with E-state index in [0.717, 1.165) is 19.7 Å². The maximum atomic E-state index is 5.84. The Morgan fingerprint density at radius 3 is 2.44 bits per heavy atom. The van der Waals surface area contributed by atoms with Crippen LogP contribution in [0.1, 0.15) is 53.9 Å². The fourth-order valence-electron chi connectivity index (χ4n) is 3.62. The molecule has 2 heterocycles. The average Bonchev–Trinajstić information content (AvgIpc) is 2.72. The smallest absolute Gasteiger partial charge is 0.0728 e. The van der Waals surface area contributed by atoms with Crippen molar-refractivity contribution < 1.29 is 4.74 Å². The highest BCUT2D eigenvalue weighted by Crippen LogP contribution is 2.36. The zero-order chi connectivity index (χ0) is 13.4. The molecule has 106 valence electrons. The molecule has 3 nitrogen and oxygen atoms in total. The van der Waals surface area contributed by atoms with Crippen LogP contribution in [0.4, 0.5) is 0 Å². The highest BCUT2D eigenvalue weighted by atomic mass is 16.5. The SMILES string of the molecule is CCC1(CC)CN(C2(C)CCOC2C)C(C)CN1. The second-order valence-electron chi connectivity index (χ2n) is 6.47. The Balaban J connectivity index is 2.20. The van der Waals surface area contributed by atoms with Crippen LogP contribution >= 0.6 is 0 Å². The van der Waals surface area contributed by atoms with Crippen molar-refractivity contribution in [2.75, 3.05) is 19.7 Å². The molecule has 0 aromatic heterocycles. The second-order valence-corrected chi connectivity index (χ2v) is 6.47. The van der Waals surface area contributed by atoms with E-state index in [0.29, 0.717) is 17.7 Å². The number of nitrogens with zero attached hydrogens (tertiary/aromatic N) is 1. The molecule has 3 atom stereocenters. The lowest BCUT2D eigenvalue weighted by atomic mass is 9.83. The second kappa shape index (κ2) is 5.10. The lowest BCUT2D eigenvalue weighted by Gasteiger charge is -2.53. The Morgan fingerprint density at radius 2 is 1.94 bits per heavy atom. The predicted molar refractivity (Wildman–Crippen MR) is 75.9 cm³/mol. The zero-order valence-corrected chi connectivity index (χ0v) is 12.8. The van der Waals surface area contributed by atoms with Gasteiger partial charge in [-0.25, -0.2) is 0 Å². The molecule has 18 heavy (non-hydrogen) atoms. The van der Waals surface area contributed by atoms with Crippen molar-refractivity contribution in [3.05, 3.63) is 0 Å². The molecular formula is C15H30N2O. The van der Waals surface area contributed by atoms with E-state index < -0.39 is 0 Å². The van der Waals surface area contributed by atoms with Gasteiger partial charge in [0.05, 0.1) is 6.10 Å². The molecule has 0 bridgehead atoms. The summed E-state index contributed by atoms with van der Waals surface area (Å²) < 4.78 is 5.84. The molecule has 1 N–H and O–H groups in total. The van der Waals surface area contributed by atoms with Gasteiger partial charge < -0.3 is 10.1 Å². The average molecular weight is 254 g/mol. The highest BCUT2D eigenvalue weighted by molar-refractivity contribution is 5.05. The molecule has 0 saturated carbocycles. The lowest BCUT2D eigenvalue weighted by molar-refractivity contribution is -0.0399. The number of ether oxygens (including phenoxy) is 1. The summed E-state index contributed by atoms with van der Waals surface area (Å²) in [6, 6.07) is 0.602. The van der Waals surface area contributed by atoms with E-state index in [1.165, 1.54) is 19.3 Å². The summed E-state index contributed by atoms with van der Waals surface area (Å²) in [5.74, 6) is 0. The minimum Gasteiger partial charge on any atom is -0.377 e. The molecule has 3 unspecified atom stereocenters. The zero-order valence-electron chi connectivity index (χ0n) is 12.8. The van der Waals surface area contributed by atoms with E-state index >= 15 is 0 Å². The first-order valence-corrected chi connectivity index (χ1v) is 7.61. The van der Waals surface area contributed by atoms with Gasteiger partial charge >= 0.3 is 0 Å². The van der Waals surface area contributed by atoms with Gasteiger partial charge in [0.15, 0.2) is 0 Å². The third-order valence-electron chi connectivity index (χ3n) is 5.64. The largest absolute Gasteiger partial charge is 0.377 e. The minimum absolute atomic E-state index is 0.219. The van der Waals surface area contributed by atoms with Gasteiger partial charge in [-0.1, -0.05) is 13.8 Å². The number of nitrogens with one attached hydrogen (secondary N) is 1. The van der Waals surface area contributed by atoms with Crippen LogP contribution in [0.2, 0.25) is 0 Å². The molecule has 0 aromatic rings. The Kier molecular flexibility index (Phi) is 4.05. The molecule has 2 aliphatic rings. The van der Waals surface area contributed by atoms with Crippen molar-refractivity contribution in [1.29, 1.82) is 0 Å². The minimum atomic E-state index is 0.219. The summed E-state index contributed by atoms with van der Waals surface area (Å²) in [5.41, 5.74) is 0.523. The molecule has 2 aliphatic heterocycles. The first-order valence-electron chi connectivity index (χ1n) is 7.61. The number of rotatable bonds is 3. The highest BCUT2D eigenvalue weighted by Gasteiger charge is 2.48.